The van der Waals surface area contributed by atoms with Gasteiger partial charge in [0.05, 0.1) is 19.1 Å². The van der Waals surface area contributed by atoms with Gasteiger partial charge in [-0.2, -0.15) is 0 Å². The van der Waals surface area contributed by atoms with E-state index in [0.717, 1.165) is 43.6 Å². The number of thiophene rings is 1. The normalized spacial score (nSPS) is 23.9. The Balaban J connectivity index is 1.70. The maximum absolute atomic E-state index is 13.6. The van der Waals surface area contributed by atoms with Crippen LogP contribution in [0.1, 0.15) is 30.6 Å². The molecule has 178 valence electrons. The first-order valence-electron chi connectivity index (χ1n) is 11.3. The first-order chi connectivity index (χ1) is 15.4. The average Bonchev–Trinajstić information content (AvgIpc) is 3.30. The molecular weight excluding hydrogens is 430 g/mol. The fourth-order valence-corrected chi connectivity index (χ4v) is 5.20. The van der Waals surface area contributed by atoms with E-state index in [1.807, 2.05) is 31.6 Å². The van der Waals surface area contributed by atoms with Gasteiger partial charge in [-0.25, -0.2) is 4.79 Å². The molecule has 9 nitrogen and oxygen atoms in total. The zero-order valence-electron chi connectivity index (χ0n) is 19.0. The van der Waals surface area contributed by atoms with Gasteiger partial charge in [0.1, 0.15) is 6.04 Å². The smallest absolute Gasteiger partial charge is 0.407 e. The quantitative estimate of drug-likeness (QED) is 0.534. The van der Waals surface area contributed by atoms with Crippen LogP contribution in [0.2, 0.25) is 0 Å². The molecule has 2 fully saturated rings. The Bertz CT molecular complexity index is 772. The topological polar surface area (TPSA) is 105 Å². The van der Waals surface area contributed by atoms with Gasteiger partial charge in [-0.1, -0.05) is 6.07 Å². The van der Waals surface area contributed by atoms with Gasteiger partial charge >= 0.3 is 6.09 Å². The molecule has 0 radical (unpaired) electrons. The van der Waals surface area contributed by atoms with E-state index >= 15 is 0 Å². The van der Waals surface area contributed by atoms with Crippen molar-refractivity contribution in [2.24, 2.45) is 5.92 Å². The maximum Gasteiger partial charge on any atom is 0.407 e. The van der Waals surface area contributed by atoms with E-state index in [9.17, 15) is 19.5 Å². The van der Waals surface area contributed by atoms with Gasteiger partial charge in [0, 0.05) is 18.0 Å². The molecule has 1 unspecified atom stereocenters. The summed E-state index contributed by atoms with van der Waals surface area (Å²) in [6, 6.07) is 2.70. The molecule has 10 heteroatoms. The molecule has 1 aromatic heterocycles. The molecule has 2 saturated heterocycles. The zero-order valence-corrected chi connectivity index (χ0v) is 19.8. The molecule has 0 spiro atoms. The van der Waals surface area contributed by atoms with E-state index in [-0.39, 0.29) is 43.4 Å². The van der Waals surface area contributed by atoms with Gasteiger partial charge in [0.2, 0.25) is 11.8 Å². The van der Waals surface area contributed by atoms with Gasteiger partial charge < -0.3 is 30.4 Å². The molecule has 32 heavy (non-hydrogen) atoms. The molecule has 3 N–H and O–H groups in total. The fourth-order valence-electron chi connectivity index (χ4n) is 4.55. The van der Waals surface area contributed by atoms with Crippen molar-refractivity contribution < 1.29 is 19.5 Å². The molecule has 0 aromatic carbocycles. The Labute approximate surface area is 193 Å². The van der Waals surface area contributed by atoms with Crippen molar-refractivity contribution in [1.82, 2.24) is 25.3 Å². The van der Waals surface area contributed by atoms with Crippen LogP contribution in [0, 0.1) is 5.92 Å². The van der Waals surface area contributed by atoms with Gasteiger partial charge in [-0.15, -0.1) is 11.3 Å². The van der Waals surface area contributed by atoms with Gasteiger partial charge in [-0.05, 0) is 70.2 Å². The fraction of sp³-hybridized carbons (Fsp3) is 0.682. The van der Waals surface area contributed by atoms with Crippen molar-refractivity contribution in [1.29, 1.82) is 0 Å². The number of amides is 3. The van der Waals surface area contributed by atoms with E-state index < -0.39 is 12.1 Å². The van der Waals surface area contributed by atoms with E-state index in [4.69, 9.17) is 0 Å². The Morgan fingerprint density at radius 1 is 1.31 bits per heavy atom. The largest absolute Gasteiger partial charge is 0.465 e. The summed E-state index contributed by atoms with van der Waals surface area (Å²) < 4.78 is 0. The number of hydrogen-bond acceptors (Lipinski definition) is 6. The SMILES string of the molecule is CN(C)CCC[C@H]1CCCN[C@H]1C(=O)N1CCN(C(=O)O)CC1C(=O)NCc1cccs1. The second-order valence-electron chi connectivity index (χ2n) is 8.85. The molecule has 2 aliphatic heterocycles. The molecule has 3 rings (SSSR count). The summed E-state index contributed by atoms with van der Waals surface area (Å²) in [5, 5.41) is 17.7. The number of nitrogens with one attached hydrogen (secondary N) is 2. The third kappa shape index (κ3) is 6.43. The van der Waals surface area contributed by atoms with Crippen LogP contribution in [0.3, 0.4) is 0 Å². The molecule has 1 aromatic rings. The molecular formula is C22H35N5O4S. The van der Waals surface area contributed by atoms with Crippen LogP contribution in [0.5, 0.6) is 0 Å². The minimum Gasteiger partial charge on any atom is -0.465 e. The number of carbonyl (C=O) groups is 3. The third-order valence-electron chi connectivity index (χ3n) is 6.29. The summed E-state index contributed by atoms with van der Waals surface area (Å²) in [5.41, 5.74) is 0. The first kappa shape index (κ1) is 24.5. The second kappa shape index (κ2) is 11.6. The summed E-state index contributed by atoms with van der Waals surface area (Å²) in [6.45, 7) is 2.57. The van der Waals surface area contributed by atoms with Gasteiger partial charge in [-0.3, -0.25) is 9.59 Å². The van der Waals surface area contributed by atoms with Gasteiger partial charge in [0.15, 0.2) is 0 Å². The van der Waals surface area contributed by atoms with Crippen molar-refractivity contribution >= 4 is 29.2 Å². The molecule has 3 atom stereocenters. The zero-order chi connectivity index (χ0) is 23.1. The number of piperazine rings is 1. The van der Waals surface area contributed by atoms with E-state index in [2.05, 4.69) is 15.5 Å². The number of hydrogen-bond donors (Lipinski definition) is 3. The lowest BCUT2D eigenvalue weighted by atomic mass is 9.85. The lowest BCUT2D eigenvalue weighted by Crippen LogP contribution is -2.65. The summed E-state index contributed by atoms with van der Waals surface area (Å²) in [4.78, 5) is 44.2. The van der Waals surface area contributed by atoms with Crippen molar-refractivity contribution in [2.45, 2.75) is 44.3 Å². The van der Waals surface area contributed by atoms with E-state index in [1.165, 1.54) is 4.90 Å². The molecule has 3 amide bonds. The first-order valence-corrected chi connectivity index (χ1v) is 12.2. The number of rotatable bonds is 8. The highest BCUT2D eigenvalue weighted by molar-refractivity contribution is 7.09. The van der Waals surface area contributed by atoms with Crippen LogP contribution >= 0.6 is 11.3 Å². The lowest BCUT2D eigenvalue weighted by molar-refractivity contribution is -0.146. The highest BCUT2D eigenvalue weighted by Crippen LogP contribution is 2.25. The molecule has 0 saturated carbocycles. The third-order valence-corrected chi connectivity index (χ3v) is 7.16. The van der Waals surface area contributed by atoms with Gasteiger partial charge in [0.25, 0.3) is 0 Å². The summed E-state index contributed by atoms with van der Waals surface area (Å²) in [5.74, 6) is -0.165. The standard InChI is InChI=1S/C22H35N5O4S/c1-25(2)10-4-7-16-6-3-9-23-19(16)21(29)27-12-11-26(22(30)31)15-18(27)20(28)24-14-17-8-5-13-32-17/h5,8,13,16,18-19,23H,3-4,6-7,9-12,14-15H2,1-2H3,(H,24,28)(H,30,31)/t16-,18?,19-/m1/s1. The monoisotopic (exact) mass is 465 g/mol. The number of nitrogens with zero attached hydrogens (tertiary/aromatic N) is 3. The predicted octanol–water partition coefficient (Wildman–Crippen LogP) is 1.27. The Morgan fingerprint density at radius 2 is 2.12 bits per heavy atom. The van der Waals surface area contributed by atoms with Crippen LogP contribution in [-0.4, -0.2) is 96.6 Å². The average molecular weight is 466 g/mol. The predicted molar refractivity (Wildman–Crippen MR) is 124 cm³/mol. The van der Waals surface area contributed by atoms with Crippen LogP contribution in [0.25, 0.3) is 0 Å². The number of carbonyl (C=O) groups excluding carboxylic acids is 2. The highest BCUT2D eigenvalue weighted by atomic mass is 32.1. The maximum atomic E-state index is 13.6. The van der Waals surface area contributed by atoms with Crippen LogP contribution in [0.4, 0.5) is 4.79 Å². The molecule has 0 bridgehead atoms. The van der Waals surface area contributed by atoms with E-state index in [0.29, 0.717) is 6.54 Å². The lowest BCUT2D eigenvalue weighted by Gasteiger charge is -2.43. The van der Waals surface area contributed by atoms with Crippen molar-refractivity contribution in [3.8, 4) is 0 Å². The highest BCUT2D eigenvalue weighted by Gasteiger charge is 2.41. The Morgan fingerprint density at radius 3 is 2.81 bits per heavy atom. The minimum atomic E-state index is -1.06. The summed E-state index contributed by atoms with van der Waals surface area (Å²) in [7, 11) is 4.09. The van der Waals surface area contributed by atoms with Crippen LogP contribution < -0.4 is 10.6 Å². The van der Waals surface area contributed by atoms with Crippen molar-refractivity contribution in [3.63, 3.8) is 0 Å². The molecule has 3 heterocycles. The van der Waals surface area contributed by atoms with Crippen molar-refractivity contribution in [2.75, 3.05) is 46.8 Å². The van der Waals surface area contributed by atoms with Crippen LogP contribution in [0.15, 0.2) is 17.5 Å². The van der Waals surface area contributed by atoms with Crippen molar-refractivity contribution in [3.05, 3.63) is 22.4 Å². The Hall–Kier alpha value is -2.17. The number of piperidine rings is 1. The molecule has 0 aliphatic carbocycles. The van der Waals surface area contributed by atoms with Crippen LogP contribution in [-0.2, 0) is 16.1 Å². The van der Waals surface area contributed by atoms with E-state index in [1.54, 1.807) is 16.2 Å². The number of carboxylic acid groups (broad SMARTS) is 1. The Kier molecular flexibility index (Phi) is 8.89. The molecule has 2 aliphatic rings. The second-order valence-corrected chi connectivity index (χ2v) is 9.89. The summed E-state index contributed by atoms with van der Waals surface area (Å²) >= 11 is 1.54. The minimum absolute atomic E-state index is 0.00460. The summed E-state index contributed by atoms with van der Waals surface area (Å²) in [6.07, 6.45) is 2.92.